The maximum atomic E-state index is 12.8. The number of carbonyl (C=O) groups excluding carboxylic acids is 3. The summed E-state index contributed by atoms with van der Waals surface area (Å²) in [5.74, 6) is -1.48. The van der Waals surface area contributed by atoms with Gasteiger partial charge >= 0.3 is 5.97 Å². The van der Waals surface area contributed by atoms with Gasteiger partial charge < -0.3 is 14.5 Å². The molecule has 0 unspecified atom stereocenters. The molecule has 3 aromatic rings. The number of amides is 2. The summed E-state index contributed by atoms with van der Waals surface area (Å²) >= 11 is 0. The van der Waals surface area contributed by atoms with Crippen molar-refractivity contribution in [1.82, 2.24) is 9.38 Å². The second-order valence-electron chi connectivity index (χ2n) is 6.56. The lowest BCUT2D eigenvalue weighted by atomic mass is 10.1. The highest BCUT2D eigenvalue weighted by atomic mass is 16.5. The van der Waals surface area contributed by atoms with Crippen molar-refractivity contribution >= 4 is 34.8 Å². The number of hydrogen-bond donors (Lipinski definition) is 1. The smallest absolute Gasteiger partial charge is 0.359 e. The lowest BCUT2D eigenvalue weighted by Gasteiger charge is -2.30. The molecular weight excluding hydrogens is 360 g/mol. The quantitative estimate of drug-likeness (QED) is 0.705. The van der Waals surface area contributed by atoms with Crippen molar-refractivity contribution in [3.63, 3.8) is 0 Å². The number of benzene rings is 1. The Balaban J connectivity index is 1.53. The van der Waals surface area contributed by atoms with Gasteiger partial charge in [0.25, 0.3) is 5.91 Å². The number of esters is 1. The van der Waals surface area contributed by atoms with Crippen LogP contribution in [0.1, 0.15) is 23.1 Å². The molecule has 3 heterocycles. The van der Waals surface area contributed by atoms with Gasteiger partial charge in [-0.25, -0.2) is 9.78 Å². The maximum absolute atomic E-state index is 12.8. The number of aryl methyl sites for hydroxylation is 1. The van der Waals surface area contributed by atoms with E-state index in [2.05, 4.69) is 10.3 Å². The van der Waals surface area contributed by atoms with E-state index in [0.717, 1.165) is 5.69 Å². The highest BCUT2D eigenvalue weighted by Gasteiger charge is 2.31. The van der Waals surface area contributed by atoms with Crippen LogP contribution in [0.2, 0.25) is 0 Å². The summed E-state index contributed by atoms with van der Waals surface area (Å²) in [5, 5.41) is 2.72. The van der Waals surface area contributed by atoms with Gasteiger partial charge in [-0.2, -0.15) is 0 Å². The standard InChI is InChI=1S/C20H18N4O4/c1-12-6-5-9-17-21-15(10-23(12)17)20(27)28-13(2)19(26)24-11-18(25)22-14-7-3-4-8-16(14)24/h3-10,13H,11H2,1-2H3,(H,22,25)/t13-/m0/s1. The summed E-state index contributed by atoms with van der Waals surface area (Å²) < 4.78 is 7.11. The van der Waals surface area contributed by atoms with Gasteiger partial charge in [-0.1, -0.05) is 18.2 Å². The topological polar surface area (TPSA) is 93.0 Å². The third-order valence-electron chi connectivity index (χ3n) is 4.57. The summed E-state index contributed by atoms with van der Waals surface area (Å²) in [4.78, 5) is 42.8. The summed E-state index contributed by atoms with van der Waals surface area (Å²) in [6.07, 6.45) is 0.505. The lowest BCUT2D eigenvalue weighted by Crippen LogP contribution is -2.47. The molecule has 2 aromatic heterocycles. The summed E-state index contributed by atoms with van der Waals surface area (Å²) in [5.41, 5.74) is 2.77. The zero-order chi connectivity index (χ0) is 19.8. The molecule has 0 saturated heterocycles. The number of anilines is 2. The lowest BCUT2D eigenvalue weighted by molar-refractivity contribution is -0.128. The number of ether oxygens (including phenoxy) is 1. The van der Waals surface area contributed by atoms with Crippen LogP contribution in [0.25, 0.3) is 5.65 Å². The van der Waals surface area contributed by atoms with E-state index in [-0.39, 0.29) is 18.1 Å². The second-order valence-corrected chi connectivity index (χ2v) is 6.56. The number of nitrogens with one attached hydrogen (secondary N) is 1. The van der Waals surface area contributed by atoms with Crippen LogP contribution in [0, 0.1) is 6.92 Å². The molecule has 0 bridgehead atoms. The van der Waals surface area contributed by atoms with Gasteiger partial charge in [0.15, 0.2) is 11.8 Å². The molecule has 0 radical (unpaired) electrons. The molecule has 142 valence electrons. The fraction of sp³-hybridized carbons (Fsp3) is 0.200. The van der Waals surface area contributed by atoms with Gasteiger partial charge in [-0.3, -0.25) is 14.5 Å². The Hall–Kier alpha value is -3.68. The van der Waals surface area contributed by atoms with Crippen molar-refractivity contribution in [3.05, 3.63) is 60.0 Å². The molecule has 1 N–H and O–H groups in total. The second kappa shape index (κ2) is 6.80. The van der Waals surface area contributed by atoms with E-state index < -0.39 is 18.0 Å². The van der Waals surface area contributed by atoms with Crippen molar-refractivity contribution in [2.45, 2.75) is 20.0 Å². The van der Waals surface area contributed by atoms with Crippen LogP contribution in [-0.2, 0) is 14.3 Å². The predicted octanol–water partition coefficient (Wildman–Crippen LogP) is 2.17. The zero-order valence-electron chi connectivity index (χ0n) is 15.4. The Morgan fingerprint density at radius 2 is 1.96 bits per heavy atom. The van der Waals surface area contributed by atoms with Crippen molar-refractivity contribution in [2.24, 2.45) is 0 Å². The number of fused-ring (bicyclic) bond motifs is 2. The summed E-state index contributed by atoms with van der Waals surface area (Å²) in [6, 6.07) is 12.5. The van der Waals surface area contributed by atoms with Crippen LogP contribution in [0.15, 0.2) is 48.7 Å². The molecule has 1 aromatic carbocycles. The maximum Gasteiger partial charge on any atom is 0.359 e. The number of nitrogens with zero attached hydrogens (tertiary/aromatic N) is 3. The molecule has 8 nitrogen and oxygen atoms in total. The summed E-state index contributed by atoms with van der Waals surface area (Å²) in [7, 11) is 0. The van der Waals surface area contributed by atoms with Gasteiger partial charge in [0.2, 0.25) is 5.91 Å². The van der Waals surface area contributed by atoms with Gasteiger partial charge in [0.05, 0.1) is 11.4 Å². The summed E-state index contributed by atoms with van der Waals surface area (Å²) in [6.45, 7) is 3.25. The van der Waals surface area contributed by atoms with Gasteiger partial charge in [0, 0.05) is 11.9 Å². The number of para-hydroxylation sites is 2. The number of pyridine rings is 1. The molecule has 0 saturated carbocycles. The van der Waals surface area contributed by atoms with Crippen molar-refractivity contribution < 1.29 is 19.1 Å². The molecule has 1 aliphatic rings. The first kappa shape index (κ1) is 17.7. The first-order valence-corrected chi connectivity index (χ1v) is 8.80. The van der Waals surface area contributed by atoms with Crippen LogP contribution in [0.3, 0.4) is 0 Å². The Kier molecular flexibility index (Phi) is 4.31. The normalized spacial score (nSPS) is 14.4. The van der Waals surface area contributed by atoms with E-state index in [4.69, 9.17) is 4.74 Å². The monoisotopic (exact) mass is 378 g/mol. The zero-order valence-corrected chi connectivity index (χ0v) is 15.4. The molecule has 28 heavy (non-hydrogen) atoms. The minimum atomic E-state index is -1.07. The largest absolute Gasteiger partial charge is 0.448 e. The highest BCUT2D eigenvalue weighted by molar-refractivity contribution is 6.11. The van der Waals surface area contributed by atoms with Gasteiger partial charge in [-0.15, -0.1) is 0 Å². The van der Waals surface area contributed by atoms with E-state index in [0.29, 0.717) is 17.0 Å². The third-order valence-corrected chi connectivity index (χ3v) is 4.57. The molecule has 4 rings (SSSR count). The molecule has 8 heteroatoms. The Morgan fingerprint density at radius 1 is 1.18 bits per heavy atom. The van der Waals surface area contributed by atoms with E-state index in [1.165, 1.54) is 11.8 Å². The van der Waals surface area contributed by atoms with E-state index in [1.54, 1.807) is 40.9 Å². The van der Waals surface area contributed by atoms with E-state index >= 15 is 0 Å². The molecule has 0 aliphatic carbocycles. The Bertz CT molecular complexity index is 1100. The molecular formula is C20H18N4O4. The average Bonchev–Trinajstić information content (AvgIpc) is 3.12. The van der Waals surface area contributed by atoms with E-state index in [9.17, 15) is 14.4 Å². The molecule has 1 aliphatic heterocycles. The first-order valence-electron chi connectivity index (χ1n) is 8.80. The van der Waals surface area contributed by atoms with Gasteiger partial charge in [0.1, 0.15) is 12.2 Å². The molecule has 0 fully saturated rings. The SMILES string of the molecule is Cc1cccc2nc(C(=O)O[C@@H](C)C(=O)N3CC(=O)Nc4ccccc43)cn12. The van der Waals surface area contributed by atoms with Crippen LogP contribution in [0.4, 0.5) is 11.4 Å². The van der Waals surface area contributed by atoms with Crippen molar-refractivity contribution in [3.8, 4) is 0 Å². The molecule has 0 spiro atoms. The van der Waals surface area contributed by atoms with Crippen molar-refractivity contribution in [2.75, 3.05) is 16.8 Å². The fourth-order valence-electron chi connectivity index (χ4n) is 3.17. The van der Waals surface area contributed by atoms with Gasteiger partial charge in [-0.05, 0) is 38.1 Å². The first-order chi connectivity index (χ1) is 13.4. The van der Waals surface area contributed by atoms with Crippen LogP contribution < -0.4 is 10.2 Å². The Morgan fingerprint density at radius 3 is 2.75 bits per heavy atom. The number of carbonyl (C=O) groups is 3. The van der Waals surface area contributed by atoms with Crippen LogP contribution in [-0.4, -0.2) is 39.8 Å². The fourth-order valence-corrected chi connectivity index (χ4v) is 3.17. The average molecular weight is 378 g/mol. The van der Waals surface area contributed by atoms with Crippen LogP contribution >= 0.6 is 0 Å². The van der Waals surface area contributed by atoms with E-state index in [1.807, 2.05) is 19.1 Å². The minimum absolute atomic E-state index is 0.116. The third kappa shape index (κ3) is 3.09. The number of hydrogen-bond acceptors (Lipinski definition) is 5. The highest BCUT2D eigenvalue weighted by Crippen LogP contribution is 2.29. The number of aromatic nitrogens is 2. The number of rotatable bonds is 3. The molecule has 1 atom stereocenters. The predicted molar refractivity (Wildman–Crippen MR) is 102 cm³/mol. The van der Waals surface area contributed by atoms with Crippen molar-refractivity contribution in [1.29, 1.82) is 0 Å². The minimum Gasteiger partial charge on any atom is -0.448 e. The molecule has 2 amide bonds. The van der Waals surface area contributed by atoms with Crippen LogP contribution in [0.5, 0.6) is 0 Å². The Labute approximate surface area is 160 Å². The number of imidazole rings is 1.